The summed E-state index contributed by atoms with van der Waals surface area (Å²) in [7, 11) is 0. The highest BCUT2D eigenvalue weighted by molar-refractivity contribution is 5.87. The topological polar surface area (TPSA) is 52.6 Å². The van der Waals surface area contributed by atoms with E-state index in [1.54, 1.807) is 13.0 Å². The molecule has 0 aliphatic heterocycles. The van der Waals surface area contributed by atoms with E-state index in [1.807, 2.05) is 0 Å². The van der Waals surface area contributed by atoms with Crippen LogP contribution in [0.3, 0.4) is 0 Å². The summed E-state index contributed by atoms with van der Waals surface area (Å²) in [5.41, 5.74) is 0.325. The summed E-state index contributed by atoms with van der Waals surface area (Å²) in [5, 5.41) is 0. The Morgan fingerprint density at radius 2 is 2.00 bits per heavy atom. The lowest BCUT2D eigenvalue weighted by Gasteiger charge is -1.96. The van der Waals surface area contributed by atoms with Gasteiger partial charge in [-0.05, 0) is 19.4 Å². The molecular weight excluding hydrogens is 196 g/mol. The van der Waals surface area contributed by atoms with E-state index >= 15 is 0 Å². The Hall–Kier alpha value is -1.84. The van der Waals surface area contributed by atoms with Crippen molar-refractivity contribution in [3.63, 3.8) is 0 Å². The molecular formula is C11H14O4. The summed E-state index contributed by atoms with van der Waals surface area (Å²) in [6.45, 7) is 8.21. The highest BCUT2D eigenvalue weighted by atomic mass is 16.5. The number of carbonyl (C=O) groups is 2. The third-order valence-corrected chi connectivity index (χ3v) is 1.35. The third kappa shape index (κ3) is 7.25. The van der Waals surface area contributed by atoms with Crippen molar-refractivity contribution in [1.82, 2.24) is 0 Å². The third-order valence-electron chi connectivity index (χ3n) is 1.35. The van der Waals surface area contributed by atoms with Gasteiger partial charge in [-0.3, -0.25) is 4.79 Å². The minimum atomic E-state index is -0.486. The monoisotopic (exact) mass is 210 g/mol. The minimum absolute atomic E-state index is 0.215. The normalized spacial score (nSPS) is 9.67. The quantitative estimate of drug-likeness (QED) is 0.382. The van der Waals surface area contributed by atoms with Crippen LogP contribution in [-0.4, -0.2) is 11.9 Å². The van der Waals surface area contributed by atoms with E-state index in [0.29, 0.717) is 12.0 Å². The first-order chi connectivity index (χ1) is 7.07. The maximum Gasteiger partial charge on any atom is 0.337 e. The average Bonchev–Trinajstić information content (AvgIpc) is 2.17. The first kappa shape index (κ1) is 13.2. The summed E-state index contributed by atoms with van der Waals surface area (Å²) < 4.78 is 9.13. The maximum atomic E-state index is 10.9. The van der Waals surface area contributed by atoms with Crippen LogP contribution in [0.4, 0.5) is 0 Å². The molecule has 0 aromatic carbocycles. The van der Waals surface area contributed by atoms with Crippen LogP contribution in [0.15, 0.2) is 37.3 Å². The van der Waals surface area contributed by atoms with Crippen LogP contribution in [0.25, 0.3) is 0 Å². The molecule has 0 saturated heterocycles. The predicted octanol–water partition coefficient (Wildman–Crippen LogP) is 2.09. The van der Waals surface area contributed by atoms with Crippen LogP contribution in [-0.2, 0) is 19.1 Å². The molecule has 0 atom stereocenters. The smallest absolute Gasteiger partial charge is 0.337 e. The van der Waals surface area contributed by atoms with Crippen molar-refractivity contribution < 1.29 is 19.1 Å². The van der Waals surface area contributed by atoms with Crippen LogP contribution in [0.5, 0.6) is 0 Å². The standard InChI is InChI=1S/C11H14O4/c1-4-14-10(12)7-5-6-8-15-11(13)9(2)3/h4,6,8H,1-2,5,7H2,3H3. The molecule has 0 N–H and O–H groups in total. The van der Waals surface area contributed by atoms with Gasteiger partial charge >= 0.3 is 11.9 Å². The lowest BCUT2D eigenvalue weighted by molar-refractivity contribution is -0.137. The molecule has 0 spiro atoms. The second-order valence-electron chi connectivity index (χ2n) is 2.75. The van der Waals surface area contributed by atoms with Gasteiger partial charge in [0.15, 0.2) is 0 Å². The van der Waals surface area contributed by atoms with Crippen LogP contribution in [0.1, 0.15) is 19.8 Å². The van der Waals surface area contributed by atoms with Crippen molar-refractivity contribution in [3.05, 3.63) is 37.3 Å². The van der Waals surface area contributed by atoms with E-state index in [-0.39, 0.29) is 12.4 Å². The molecule has 0 fully saturated rings. The Kier molecular flexibility index (Phi) is 6.63. The Labute approximate surface area is 88.9 Å². The largest absolute Gasteiger partial charge is 0.435 e. The fourth-order valence-corrected chi connectivity index (χ4v) is 0.632. The summed E-state index contributed by atoms with van der Waals surface area (Å²) in [5.74, 6) is -0.860. The van der Waals surface area contributed by atoms with Crippen molar-refractivity contribution in [1.29, 1.82) is 0 Å². The average molecular weight is 210 g/mol. The van der Waals surface area contributed by atoms with Gasteiger partial charge in [-0.15, -0.1) is 0 Å². The fourth-order valence-electron chi connectivity index (χ4n) is 0.632. The number of carbonyl (C=O) groups excluding carboxylic acids is 2. The zero-order chi connectivity index (χ0) is 11.7. The number of hydrogen-bond donors (Lipinski definition) is 0. The van der Waals surface area contributed by atoms with Gasteiger partial charge in [0.2, 0.25) is 0 Å². The van der Waals surface area contributed by atoms with E-state index in [2.05, 4.69) is 22.6 Å². The fraction of sp³-hybridized carbons (Fsp3) is 0.273. The molecule has 0 heterocycles. The van der Waals surface area contributed by atoms with Gasteiger partial charge in [-0.2, -0.15) is 0 Å². The van der Waals surface area contributed by atoms with Gasteiger partial charge in [0.25, 0.3) is 0 Å². The zero-order valence-corrected chi connectivity index (χ0v) is 8.69. The van der Waals surface area contributed by atoms with Crippen molar-refractivity contribution in [2.75, 3.05) is 0 Å². The Morgan fingerprint density at radius 1 is 1.33 bits per heavy atom. The van der Waals surface area contributed by atoms with Crippen LogP contribution in [0.2, 0.25) is 0 Å². The van der Waals surface area contributed by atoms with Crippen molar-refractivity contribution in [2.24, 2.45) is 0 Å². The van der Waals surface area contributed by atoms with Gasteiger partial charge in [0, 0.05) is 12.0 Å². The lowest BCUT2D eigenvalue weighted by Crippen LogP contribution is -2.00. The molecule has 0 amide bonds. The highest BCUT2D eigenvalue weighted by Crippen LogP contribution is 1.97. The number of allylic oxidation sites excluding steroid dienone is 1. The maximum absolute atomic E-state index is 10.9. The molecule has 0 radical (unpaired) electrons. The molecule has 0 aromatic heterocycles. The molecule has 0 aliphatic rings. The Balaban J connectivity index is 3.64. The van der Waals surface area contributed by atoms with Crippen molar-refractivity contribution in [3.8, 4) is 0 Å². The molecule has 15 heavy (non-hydrogen) atoms. The van der Waals surface area contributed by atoms with Gasteiger partial charge in [-0.25, -0.2) is 4.79 Å². The van der Waals surface area contributed by atoms with E-state index < -0.39 is 5.97 Å². The molecule has 0 saturated carbocycles. The first-order valence-corrected chi connectivity index (χ1v) is 4.39. The van der Waals surface area contributed by atoms with E-state index in [4.69, 9.17) is 0 Å². The van der Waals surface area contributed by atoms with Crippen molar-refractivity contribution >= 4 is 11.9 Å². The SMILES string of the molecule is C=COC(=O)CCC=COC(=O)C(=C)C. The van der Waals surface area contributed by atoms with Crippen LogP contribution in [0, 0.1) is 0 Å². The Morgan fingerprint density at radius 3 is 2.53 bits per heavy atom. The minimum Gasteiger partial charge on any atom is -0.435 e. The molecule has 0 unspecified atom stereocenters. The first-order valence-electron chi connectivity index (χ1n) is 4.39. The summed E-state index contributed by atoms with van der Waals surface area (Å²) >= 11 is 0. The van der Waals surface area contributed by atoms with Gasteiger partial charge < -0.3 is 9.47 Å². The molecule has 0 bridgehead atoms. The Bertz CT molecular complexity index is 289. The van der Waals surface area contributed by atoms with Gasteiger partial charge in [-0.1, -0.05) is 13.2 Å². The van der Waals surface area contributed by atoms with E-state index in [0.717, 1.165) is 6.26 Å². The number of ether oxygens (including phenoxy) is 2. The molecule has 0 aromatic rings. The van der Waals surface area contributed by atoms with Crippen molar-refractivity contribution in [2.45, 2.75) is 19.8 Å². The summed E-state index contributed by atoms with van der Waals surface area (Å²) in [4.78, 5) is 21.7. The number of hydrogen-bond acceptors (Lipinski definition) is 4. The molecule has 4 heteroatoms. The molecule has 0 rings (SSSR count). The second-order valence-corrected chi connectivity index (χ2v) is 2.75. The second kappa shape index (κ2) is 7.55. The molecule has 82 valence electrons. The molecule has 0 aliphatic carbocycles. The number of esters is 2. The van der Waals surface area contributed by atoms with Crippen LogP contribution >= 0.6 is 0 Å². The highest BCUT2D eigenvalue weighted by Gasteiger charge is 2.00. The van der Waals surface area contributed by atoms with Crippen LogP contribution < -0.4 is 0 Å². The van der Waals surface area contributed by atoms with E-state index in [1.165, 1.54) is 6.26 Å². The predicted molar refractivity (Wildman–Crippen MR) is 55.6 cm³/mol. The van der Waals surface area contributed by atoms with E-state index in [9.17, 15) is 9.59 Å². The summed E-state index contributed by atoms with van der Waals surface area (Å²) in [6, 6.07) is 0. The number of rotatable bonds is 6. The van der Waals surface area contributed by atoms with Gasteiger partial charge in [0.05, 0.1) is 12.5 Å². The molecule has 4 nitrogen and oxygen atoms in total. The zero-order valence-electron chi connectivity index (χ0n) is 8.69. The van der Waals surface area contributed by atoms with Gasteiger partial charge in [0.1, 0.15) is 0 Å². The summed E-state index contributed by atoms with van der Waals surface area (Å²) in [6.07, 6.45) is 4.53. The lowest BCUT2D eigenvalue weighted by atomic mass is 10.3.